The van der Waals surface area contributed by atoms with Crippen molar-refractivity contribution in [2.24, 2.45) is 0 Å². The van der Waals surface area contributed by atoms with E-state index in [9.17, 15) is 0 Å². The fourth-order valence-corrected chi connectivity index (χ4v) is 7.62. The van der Waals surface area contributed by atoms with Gasteiger partial charge in [0.25, 0.3) is 0 Å². The van der Waals surface area contributed by atoms with Crippen molar-refractivity contribution in [1.29, 1.82) is 0 Å². The molecule has 1 aliphatic rings. The maximum absolute atomic E-state index is 2.42. The van der Waals surface area contributed by atoms with Crippen molar-refractivity contribution in [3.05, 3.63) is 181 Å². The Kier molecular flexibility index (Phi) is 6.20. The number of nitrogens with zero attached hydrogens (tertiary/aromatic N) is 2. The Morgan fingerprint density at radius 3 is 1.38 bits per heavy atom. The van der Waals surface area contributed by atoms with Crippen molar-refractivity contribution < 1.29 is 0 Å². The van der Waals surface area contributed by atoms with Gasteiger partial charge >= 0.3 is 0 Å². The molecule has 224 valence electrons. The maximum Gasteiger partial charge on any atom is 0.0541 e. The first-order chi connectivity index (χ1) is 23.1. The minimum Gasteiger partial charge on any atom is -0.310 e. The second kappa shape index (κ2) is 10.6. The highest BCUT2D eigenvalue weighted by Crippen LogP contribution is 2.51. The standard InChI is InChI=1S/C45H34N2/c1-45(2)39-17-9-11-19-43(39)47(44-20-12-10-18-40(44)45)36-25-21-32(22-26-36)34-24-28-42-38(30-34)37-29-33(31-13-5-3-6-14-31)23-27-41(37)46(42)35-15-7-4-8-16-35/h3-30H,1-2H3. The van der Waals surface area contributed by atoms with Gasteiger partial charge in [0.15, 0.2) is 0 Å². The van der Waals surface area contributed by atoms with Crippen molar-refractivity contribution in [2.45, 2.75) is 19.3 Å². The number of hydrogen-bond acceptors (Lipinski definition) is 1. The molecule has 2 heterocycles. The Morgan fingerprint density at radius 2 is 0.830 bits per heavy atom. The lowest BCUT2D eigenvalue weighted by Gasteiger charge is -2.42. The van der Waals surface area contributed by atoms with Crippen molar-refractivity contribution in [3.63, 3.8) is 0 Å². The van der Waals surface area contributed by atoms with Gasteiger partial charge in [0.2, 0.25) is 0 Å². The molecule has 1 aromatic heterocycles. The molecule has 0 saturated heterocycles. The highest BCUT2D eigenvalue weighted by atomic mass is 15.2. The van der Waals surface area contributed by atoms with Crippen LogP contribution in [-0.2, 0) is 5.41 Å². The summed E-state index contributed by atoms with van der Waals surface area (Å²) in [5.41, 5.74) is 14.7. The normalized spacial score (nSPS) is 13.4. The zero-order chi connectivity index (χ0) is 31.5. The lowest BCUT2D eigenvalue weighted by Crippen LogP contribution is -2.30. The SMILES string of the molecule is CC1(C)c2ccccc2N(c2ccc(-c3ccc4c(c3)c3cc(-c5ccccc5)ccc3n4-c3ccccc3)cc2)c2ccccc21. The Morgan fingerprint density at radius 1 is 0.383 bits per heavy atom. The second-order valence-corrected chi connectivity index (χ2v) is 13.0. The number of anilines is 3. The summed E-state index contributed by atoms with van der Waals surface area (Å²) in [6, 6.07) is 61.9. The van der Waals surface area contributed by atoms with E-state index in [2.05, 4.69) is 193 Å². The molecule has 0 spiro atoms. The zero-order valence-corrected chi connectivity index (χ0v) is 26.6. The third kappa shape index (κ3) is 4.33. The highest BCUT2D eigenvalue weighted by Gasteiger charge is 2.36. The summed E-state index contributed by atoms with van der Waals surface area (Å²) in [4.78, 5) is 2.42. The van der Waals surface area contributed by atoms with Gasteiger partial charge in [-0.2, -0.15) is 0 Å². The molecule has 9 rings (SSSR count). The Labute approximate surface area is 275 Å². The summed E-state index contributed by atoms with van der Waals surface area (Å²) in [5.74, 6) is 0. The largest absolute Gasteiger partial charge is 0.310 e. The molecule has 0 bridgehead atoms. The minimum absolute atomic E-state index is 0.0711. The van der Waals surface area contributed by atoms with Crippen LogP contribution in [-0.4, -0.2) is 4.57 Å². The van der Waals surface area contributed by atoms with E-state index in [0.29, 0.717) is 0 Å². The van der Waals surface area contributed by atoms with Crippen LogP contribution in [0.5, 0.6) is 0 Å². The van der Waals surface area contributed by atoms with E-state index in [-0.39, 0.29) is 5.41 Å². The van der Waals surface area contributed by atoms with Crippen LogP contribution in [0.1, 0.15) is 25.0 Å². The number of benzene rings is 7. The lowest BCUT2D eigenvalue weighted by atomic mass is 9.73. The van der Waals surface area contributed by atoms with Crippen molar-refractivity contribution >= 4 is 38.9 Å². The van der Waals surface area contributed by atoms with E-state index < -0.39 is 0 Å². The predicted molar refractivity (Wildman–Crippen MR) is 198 cm³/mol. The molecule has 0 radical (unpaired) electrons. The van der Waals surface area contributed by atoms with Gasteiger partial charge in [0.1, 0.15) is 0 Å². The maximum atomic E-state index is 2.42. The van der Waals surface area contributed by atoms with Gasteiger partial charge in [-0.25, -0.2) is 0 Å². The van der Waals surface area contributed by atoms with Gasteiger partial charge < -0.3 is 9.47 Å². The predicted octanol–water partition coefficient (Wildman–Crippen LogP) is 12.2. The van der Waals surface area contributed by atoms with E-state index in [0.717, 1.165) is 0 Å². The van der Waals surface area contributed by atoms with Crippen LogP contribution >= 0.6 is 0 Å². The molecule has 1 aliphatic heterocycles. The number of fused-ring (bicyclic) bond motifs is 5. The summed E-state index contributed by atoms with van der Waals surface area (Å²) in [6.07, 6.45) is 0. The molecule has 7 aromatic carbocycles. The van der Waals surface area contributed by atoms with Gasteiger partial charge in [0.05, 0.1) is 22.4 Å². The molecule has 0 unspecified atom stereocenters. The van der Waals surface area contributed by atoms with Crippen LogP contribution in [0, 0.1) is 0 Å². The van der Waals surface area contributed by atoms with E-state index in [1.807, 2.05) is 0 Å². The molecule has 0 aliphatic carbocycles. The summed E-state index contributed by atoms with van der Waals surface area (Å²) in [7, 11) is 0. The average Bonchev–Trinajstić information content (AvgIpc) is 3.46. The van der Waals surface area contributed by atoms with Crippen LogP contribution in [0.15, 0.2) is 170 Å². The van der Waals surface area contributed by atoms with Gasteiger partial charge in [-0.15, -0.1) is 0 Å². The highest BCUT2D eigenvalue weighted by molar-refractivity contribution is 6.11. The Balaban J connectivity index is 1.18. The molecule has 2 nitrogen and oxygen atoms in total. The van der Waals surface area contributed by atoms with Crippen LogP contribution in [0.2, 0.25) is 0 Å². The fourth-order valence-electron chi connectivity index (χ4n) is 7.62. The van der Waals surface area contributed by atoms with Gasteiger partial charge in [-0.1, -0.05) is 123 Å². The van der Waals surface area contributed by atoms with E-state index in [1.54, 1.807) is 0 Å². The first kappa shape index (κ1) is 27.5. The minimum atomic E-state index is -0.0711. The third-order valence-electron chi connectivity index (χ3n) is 9.98. The second-order valence-electron chi connectivity index (χ2n) is 13.0. The zero-order valence-electron chi connectivity index (χ0n) is 26.6. The number of para-hydroxylation sites is 3. The van der Waals surface area contributed by atoms with Crippen LogP contribution in [0.4, 0.5) is 17.1 Å². The molecule has 0 fully saturated rings. The molecule has 0 N–H and O–H groups in total. The average molecular weight is 603 g/mol. The quantitative estimate of drug-likeness (QED) is 0.195. The van der Waals surface area contributed by atoms with Gasteiger partial charge in [0, 0.05) is 27.6 Å². The molecule has 0 amide bonds. The Bertz CT molecular complexity index is 2370. The monoisotopic (exact) mass is 602 g/mol. The summed E-state index contributed by atoms with van der Waals surface area (Å²) >= 11 is 0. The first-order valence-electron chi connectivity index (χ1n) is 16.4. The van der Waals surface area contributed by atoms with Crippen molar-refractivity contribution in [2.75, 3.05) is 4.90 Å². The summed E-state index contributed by atoms with van der Waals surface area (Å²) < 4.78 is 2.39. The van der Waals surface area contributed by atoms with E-state index in [1.165, 1.54) is 77.9 Å². The van der Waals surface area contributed by atoms with Crippen LogP contribution < -0.4 is 4.90 Å². The molecule has 2 heteroatoms. The molecule has 47 heavy (non-hydrogen) atoms. The Hall–Kier alpha value is -5.86. The molecule has 8 aromatic rings. The fraction of sp³-hybridized carbons (Fsp3) is 0.0667. The lowest BCUT2D eigenvalue weighted by molar-refractivity contribution is 0.632. The number of hydrogen-bond donors (Lipinski definition) is 0. The molecule has 0 atom stereocenters. The van der Waals surface area contributed by atoms with Gasteiger partial charge in [-0.05, 0) is 94.0 Å². The van der Waals surface area contributed by atoms with Crippen LogP contribution in [0.25, 0.3) is 49.7 Å². The van der Waals surface area contributed by atoms with E-state index >= 15 is 0 Å². The van der Waals surface area contributed by atoms with E-state index in [4.69, 9.17) is 0 Å². The number of aromatic nitrogens is 1. The van der Waals surface area contributed by atoms with Crippen molar-refractivity contribution in [3.8, 4) is 27.9 Å². The smallest absolute Gasteiger partial charge is 0.0541 e. The third-order valence-corrected chi connectivity index (χ3v) is 9.98. The molecular weight excluding hydrogens is 569 g/mol. The van der Waals surface area contributed by atoms with Crippen molar-refractivity contribution in [1.82, 2.24) is 4.57 Å². The molecule has 0 saturated carbocycles. The number of rotatable bonds is 4. The first-order valence-corrected chi connectivity index (χ1v) is 16.4. The summed E-state index contributed by atoms with van der Waals surface area (Å²) in [5, 5.41) is 2.51. The molecular formula is C45H34N2. The topological polar surface area (TPSA) is 8.17 Å². The summed E-state index contributed by atoms with van der Waals surface area (Å²) in [6.45, 7) is 4.66. The van der Waals surface area contributed by atoms with Gasteiger partial charge in [-0.3, -0.25) is 0 Å². The van der Waals surface area contributed by atoms with Crippen LogP contribution in [0.3, 0.4) is 0 Å².